The molecule has 0 spiro atoms. The van der Waals surface area contributed by atoms with Crippen molar-refractivity contribution in [2.75, 3.05) is 0 Å². The van der Waals surface area contributed by atoms with E-state index in [2.05, 4.69) is 10.2 Å². The van der Waals surface area contributed by atoms with Gasteiger partial charge in [-0.25, -0.2) is 0 Å². The number of aromatic nitrogens is 2. The lowest BCUT2D eigenvalue weighted by Crippen LogP contribution is -1.99. The first-order valence-electron chi connectivity index (χ1n) is 5.47. The van der Waals surface area contributed by atoms with Crippen LogP contribution in [0.1, 0.15) is 5.56 Å². The van der Waals surface area contributed by atoms with Crippen molar-refractivity contribution in [2.24, 2.45) is 0 Å². The molecule has 0 bridgehead atoms. The van der Waals surface area contributed by atoms with Crippen LogP contribution in [0.2, 0.25) is 0 Å². The van der Waals surface area contributed by atoms with Crippen molar-refractivity contribution in [3.8, 4) is 0 Å². The fourth-order valence-electron chi connectivity index (χ4n) is 2.20. The molecule has 0 saturated carbocycles. The number of hydrogen-bond donors (Lipinski definition) is 0. The normalized spacial score (nSPS) is 10.9. The molecule has 3 aromatic rings. The van der Waals surface area contributed by atoms with Gasteiger partial charge in [0, 0.05) is 5.39 Å². The molecular formula is C13H9N3O2. The highest BCUT2D eigenvalue weighted by molar-refractivity contribution is 6.08. The lowest BCUT2D eigenvalue weighted by Gasteiger charge is -2.04. The molecule has 0 amide bonds. The summed E-state index contributed by atoms with van der Waals surface area (Å²) in [6, 6.07) is 11.5. The minimum atomic E-state index is -0.496. The molecule has 0 atom stereocenters. The first kappa shape index (κ1) is 10.6. The Hall–Kier alpha value is -2.56. The third kappa shape index (κ3) is 1.41. The topological polar surface area (TPSA) is 68.9 Å². The Balaban J connectivity index is 2.55. The maximum atomic E-state index is 10.9. The number of aryl methyl sites for hydroxylation is 1. The number of hydrogen-bond acceptors (Lipinski definition) is 4. The van der Waals surface area contributed by atoms with Gasteiger partial charge in [-0.1, -0.05) is 30.3 Å². The summed E-state index contributed by atoms with van der Waals surface area (Å²) in [5.41, 5.74) is 1.23. The molecule has 0 aliphatic heterocycles. The standard InChI is InChI=1S/C13H9N3O2/c1-8-12-10-5-3-2-4-9(10)6-7-11(12)14-15-13(8)16(17)18/h2-7H,1H3. The zero-order valence-electron chi connectivity index (χ0n) is 9.62. The molecule has 3 rings (SSSR count). The molecule has 0 N–H and O–H groups in total. The predicted octanol–water partition coefficient (Wildman–Crippen LogP) is 3.00. The molecule has 5 nitrogen and oxygen atoms in total. The van der Waals surface area contributed by atoms with Gasteiger partial charge in [0.25, 0.3) is 0 Å². The first-order chi connectivity index (χ1) is 8.68. The molecule has 0 aliphatic rings. The highest BCUT2D eigenvalue weighted by Gasteiger charge is 2.18. The number of fused-ring (bicyclic) bond motifs is 3. The van der Waals surface area contributed by atoms with E-state index in [1.807, 2.05) is 36.4 Å². The Morgan fingerprint density at radius 2 is 1.89 bits per heavy atom. The van der Waals surface area contributed by atoms with Gasteiger partial charge in [0.15, 0.2) is 0 Å². The highest BCUT2D eigenvalue weighted by atomic mass is 16.6. The summed E-state index contributed by atoms with van der Waals surface area (Å²) in [4.78, 5) is 10.4. The third-order valence-electron chi connectivity index (χ3n) is 3.04. The Bertz CT molecular complexity index is 784. The summed E-state index contributed by atoms with van der Waals surface area (Å²) in [6.45, 7) is 1.71. The second-order valence-corrected chi connectivity index (χ2v) is 4.09. The summed E-state index contributed by atoms with van der Waals surface area (Å²) in [6.07, 6.45) is 0. The third-order valence-corrected chi connectivity index (χ3v) is 3.04. The fraction of sp³-hybridized carbons (Fsp3) is 0.0769. The summed E-state index contributed by atoms with van der Waals surface area (Å²) in [7, 11) is 0. The number of benzene rings is 2. The minimum absolute atomic E-state index is 0.182. The van der Waals surface area contributed by atoms with Crippen LogP contribution in [-0.4, -0.2) is 15.1 Å². The van der Waals surface area contributed by atoms with Gasteiger partial charge in [-0.05, 0) is 33.8 Å². The van der Waals surface area contributed by atoms with E-state index in [1.165, 1.54) is 0 Å². The van der Waals surface area contributed by atoms with Crippen molar-refractivity contribution >= 4 is 27.5 Å². The van der Waals surface area contributed by atoms with Crippen LogP contribution >= 0.6 is 0 Å². The second-order valence-electron chi connectivity index (χ2n) is 4.09. The zero-order valence-corrected chi connectivity index (χ0v) is 9.62. The molecule has 1 heterocycles. The van der Waals surface area contributed by atoms with Crippen LogP contribution in [0, 0.1) is 17.0 Å². The van der Waals surface area contributed by atoms with Crippen molar-refractivity contribution in [3.63, 3.8) is 0 Å². The van der Waals surface area contributed by atoms with Crippen LogP contribution in [0.4, 0.5) is 5.82 Å². The van der Waals surface area contributed by atoms with E-state index in [-0.39, 0.29) is 5.82 Å². The van der Waals surface area contributed by atoms with E-state index in [9.17, 15) is 10.1 Å². The lowest BCUT2D eigenvalue weighted by molar-refractivity contribution is -0.390. The summed E-state index contributed by atoms with van der Waals surface area (Å²) in [5.74, 6) is -0.182. The molecule has 0 radical (unpaired) electrons. The molecule has 2 aromatic carbocycles. The predicted molar refractivity (Wildman–Crippen MR) is 68.4 cm³/mol. The lowest BCUT2D eigenvalue weighted by atomic mass is 10.0. The maximum absolute atomic E-state index is 10.9. The van der Waals surface area contributed by atoms with E-state index in [0.29, 0.717) is 11.1 Å². The van der Waals surface area contributed by atoms with Crippen molar-refractivity contribution in [3.05, 3.63) is 52.1 Å². The van der Waals surface area contributed by atoms with Crippen molar-refractivity contribution in [1.29, 1.82) is 0 Å². The van der Waals surface area contributed by atoms with E-state index < -0.39 is 4.92 Å². The molecule has 0 aliphatic carbocycles. The highest BCUT2D eigenvalue weighted by Crippen LogP contribution is 2.29. The maximum Gasteiger partial charge on any atom is 0.394 e. The van der Waals surface area contributed by atoms with Crippen LogP contribution in [0.15, 0.2) is 36.4 Å². The quantitative estimate of drug-likeness (QED) is 0.372. The van der Waals surface area contributed by atoms with Gasteiger partial charge in [0.05, 0.1) is 10.7 Å². The van der Waals surface area contributed by atoms with Crippen LogP contribution in [0.3, 0.4) is 0 Å². The molecule has 1 aromatic heterocycles. The Morgan fingerprint density at radius 3 is 2.67 bits per heavy atom. The molecular weight excluding hydrogens is 230 g/mol. The van der Waals surface area contributed by atoms with E-state index >= 15 is 0 Å². The van der Waals surface area contributed by atoms with Gasteiger partial charge in [0.1, 0.15) is 5.52 Å². The van der Waals surface area contributed by atoms with Crippen molar-refractivity contribution in [1.82, 2.24) is 10.2 Å². The molecule has 88 valence electrons. The Kier molecular flexibility index (Phi) is 2.19. The van der Waals surface area contributed by atoms with Crippen molar-refractivity contribution < 1.29 is 4.92 Å². The van der Waals surface area contributed by atoms with Gasteiger partial charge in [-0.15, -0.1) is 0 Å². The molecule has 0 saturated heterocycles. The van der Waals surface area contributed by atoms with E-state index in [1.54, 1.807) is 6.92 Å². The number of nitro groups is 1. The summed E-state index contributed by atoms with van der Waals surface area (Å²) >= 11 is 0. The van der Waals surface area contributed by atoms with Crippen LogP contribution in [0.25, 0.3) is 21.7 Å². The average molecular weight is 239 g/mol. The van der Waals surface area contributed by atoms with Crippen LogP contribution in [0.5, 0.6) is 0 Å². The smallest absolute Gasteiger partial charge is 0.358 e. The summed E-state index contributed by atoms with van der Waals surface area (Å²) < 4.78 is 0. The van der Waals surface area contributed by atoms with Gasteiger partial charge in [0.2, 0.25) is 0 Å². The average Bonchev–Trinajstić information content (AvgIpc) is 2.38. The van der Waals surface area contributed by atoms with Crippen molar-refractivity contribution in [2.45, 2.75) is 6.92 Å². The monoisotopic (exact) mass is 239 g/mol. The van der Waals surface area contributed by atoms with Gasteiger partial charge in [-0.3, -0.25) is 0 Å². The molecule has 0 fully saturated rings. The Morgan fingerprint density at radius 1 is 1.11 bits per heavy atom. The molecule has 18 heavy (non-hydrogen) atoms. The van der Waals surface area contributed by atoms with E-state index in [0.717, 1.165) is 16.2 Å². The molecule has 0 unspecified atom stereocenters. The fourth-order valence-corrected chi connectivity index (χ4v) is 2.20. The van der Waals surface area contributed by atoms with Gasteiger partial charge >= 0.3 is 5.82 Å². The summed E-state index contributed by atoms with van der Waals surface area (Å²) in [5, 5.41) is 21.3. The molecule has 5 heteroatoms. The minimum Gasteiger partial charge on any atom is -0.358 e. The SMILES string of the molecule is Cc1c([N+](=O)[O-])nnc2ccc3ccccc3c12. The Labute approximate surface area is 102 Å². The zero-order chi connectivity index (χ0) is 12.7. The largest absolute Gasteiger partial charge is 0.394 e. The number of rotatable bonds is 1. The van der Waals surface area contributed by atoms with Gasteiger partial charge in [-0.2, -0.15) is 0 Å². The second kappa shape index (κ2) is 3.73. The van der Waals surface area contributed by atoms with Crippen LogP contribution in [-0.2, 0) is 0 Å². The van der Waals surface area contributed by atoms with E-state index in [4.69, 9.17) is 0 Å². The van der Waals surface area contributed by atoms with Gasteiger partial charge < -0.3 is 10.1 Å². The first-order valence-corrected chi connectivity index (χ1v) is 5.47. The number of nitrogens with zero attached hydrogens (tertiary/aromatic N) is 3. The van der Waals surface area contributed by atoms with Crippen LogP contribution < -0.4 is 0 Å².